The first kappa shape index (κ1) is 15.9. The maximum Gasteiger partial charge on any atom is 0.491 e. The number of nitrogens with zero attached hydrogens (tertiary/aromatic N) is 1. The van der Waals surface area contributed by atoms with Crippen LogP contribution in [0.2, 0.25) is 0 Å². The van der Waals surface area contributed by atoms with Gasteiger partial charge in [0.15, 0.2) is 5.78 Å². The third-order valence-corrected chi connectivity index (χ3v) is 4.67. The number of aromatic nitrogens is 1. The van der Waals surface area contributed by atoms with Crippen LogP contribution in [0.5, 0.6) is 0 Å². The van der Waals surface area contributed by atoms with E-state index in [0.29, 0.717) is 17.7 Å². The van der Waals surface area contributed by atoms with Crippen LogP contribution < -0.4 is 5.46 Å². The summed E-state index contributed by atoms with van der Waals surface area (Å²) in [5.41, 5.74) is 5.22. The maximum absolute atomic E-state index is 12.7. The highest BCUT2D eigenvalue weighted by Crippen LogP contribution is 2.17. The van der Waals surface area contributed by atoms with Crippen molar-refractivity contribution in [3.8, 4) is 5.69 Å². The van der Waals surface area contributed by atoms with Crippen LogP contribution in [0.3, 0.4) is 0 Å². The molecule has 1 aromatic heterocycles. The first-order valence-electron chi connectivity index (χ1n) is 8.40. The second-order valence-electron chi connectivity index (χ2n) is 6.23. The van der Waals surface area contributed by atoms with Crippen LogP contribution in [0.15, 0.2) is 60.9 Å². The molecule has 0 radical (unpaired) electrons. The molecule has 0 aliphatic carbocycles. The number of fused-ring (bicyclic) bond motifs is 1. The Bertz CT molecular complexity index is 930. The molecule has 3 aromatic rings. The summed E-state index contributed by atoms with van der Waals surface area (Å²) in [5, 5.41) is 9.85. The van der Waals surface area contributed by atoms with Gasteiger partial charge in [0.25, 0.3) is 0 Å². The van der Waals surface area contributed by atoms with E-state index in [2.05, 4.69) is 6.92 Å². The lowest BCUT2D eigenvalue weighted by Gasteiger charge is -2.06. The maximum atomic E-state index is 12.7. The van der Waals surface area contributed by atoms with Gasteiger partial charge in [-0.05, 0) is 41.2 Å². The summed E-state index contributed by atoms with van der Waals surface area (Å²) in [5.74, 6) is 0.00549. The van der Waals surface area contributed by atoms with Crippen LogP contribution in [0, 0.1) is 0 Å². The monoisotopic (exact) mass is 331 g/mol. The molecule has 0 fully saturated rings. The van der Waals surface area contributed by atoms with E-state index in [1.807, 2.05) is 65.5 Å². The summed E-state index contributed by atoms with van der Waals surface area (Å²) in [6.45, 7) is 2.52. The van der Waals surface area contributed by atoms with Gasteiger partial charge in [-0.15, -0.1) is 0 Å². The summed E-state index contributed by atoms with van der Waals surface area (Å²) in [6.07, 6.45) is 4.64. The zero-order chi connectivity index (χ0) is 17.4. The molecule has 1 N–H and O–H groups in total. The van der Waals surface area contributed by atoms with E-state index in [1.165, 1.54) is 5.56 Å². The average molecular weight is 331 g/mol. The van der Waals surface area contributed by atoms with Crippen molar-refractivity contribution in [3.05, 3.63) is 83.2 Å². The number of carbonyl (C=O) groups is 1. The first-order valence-corrected chi connectivity index (χ1v) is 8.40. The van der Waals surface area contributed by atoms with E-state index in [4.69, 9.17) is 4.65 Å². The molecular weight excluding hydrogens is 313 g/mol. The number of carbonyl (C=O) groups excluding carboxylic acids is 1. The highest BCUT2D eigenvalue weighted by Gasteiger charge is 2.27. The lowest BCUT2D eigenvalue weighted by Crippen LogP contribution is -2.28. The molecule has 0 amide bonds. The van der Waals surface area contributed by atoms with Crippen LogP contribution in [0.4, 0.5) is 0 Å². The molecule has 0 bridgehead atoms. The molecule has 25 heavy (non-hydrogen) atoms. The van der Waals surface area contributed by atoms with Gasteiger partial charge in [0.2, 0.25) is 0 Å². The number of aryl methyl sites for hydroxylation is 1. The molecule has 0 unspecified atom stereocenters. The fourth-order valence-electron chi connectivity index (χ4n) is 3.11. The Morgan fingerprint density at radius 3 is 2.72 bits per heavy atom. The first-order chi connectivity index (χ1) is 12.2. The minimum atomic E-state index is -0.872. The molecule has 0 atom stereocenters. The molecule has 124 valence electrons. The summed E-state index contributed by atoms with van der Waals surface area (Å²) < 4.78 is 7.11. The summed E-state index contributed by atoms with van der Waals surface area (Å²) in [7, 11) is -0.872. The summed E-state index contributed by atoms with van der Waals surface area (Å²) in [4.78, 5) is 12.7. The number of benzene rings is 2. The van der Waals surface area contributed by atoms with E-state index in [-0.39, 0.29) is 5.78 Å². The molecule has 2 heterocycles. The van der Waals surface area contributed by atoms with Gasteiger partial charge in [0, 0.05) is 29.2 Å². The van der Waals surface area contributed by atoms with Crippen molar-refractivity contribution in [2.75, 3.05) is 0 Å². The molecule has 1 aliphatic rings. The number of hydrogen-bond acceptors (Lipinski definition) is 3. The van der Waals surface area contributed by atoms with Gasteiger partial charge in [0.1, 0.15) is 0 Å². The van der Waals surface area contributed by atoms with E-state index >= 15 is 0 Å². The minimum Gasteiger partial charge on any atom is -0.423 e. The fraction of sp³-hybridized carbons (Fsp3) is 0.150. The largest absolute Gasteiger partial charge is 0.491 e. The van der Waals surface area contributed by atoms with Crippen molar-refractivity contribution in [1.29, 1.82) is 0 Å². The third kappa shape index (κ3) is 2.93. The highest BCUT2D eigenvalue weighted by atomic mass is 16.5. The van der Waals surface area contributed by atoms with Crippen molar-refractivity contribution in [3.63, 3.8) is 0 Å². The van der Waals surface area contributed by atoms with Gasteiger partial charge in [-0.2, -0.15) is 0 Å². The Morgan fingerprint density at radius 2 is 1.96 bits per heavy atom. The molecule has 0 saturated heterocycles. The van der Waals surface area contributed by atoms with Gasteiger partial charge in [-0.25, -0.2) is 0 Å². The zero-order valence-electron chi connectivity index (χ0n) is 14.0. The molecule has 1 aliphatic heterocycles. The van der Waals surface area contributed by atoms with E-state index in [1.54, 1.807) is 0 Å². The second-order valence-corrected chi connectivity index (χ2v) is 6.23. The van der Waals surface area contributed by atoms with Gasteiger partial charge >= 0.3 is 7.12 Å². The predicted octanol–water partition coefficient (Wildman–Crippen LogP) is 2.49. The van der Waals surface area contributed by atoms with E-state index in [0.717, 1.165) is 23.1 Å². The highest BCUT2D eigenvalue weighted by molar-refractivity contribution is 6.61. The van der Waals surface area contributed by atoms with E-state index in [9.17, 15) is 9.82 Å². The average Bonchev–Trinajstić information content (AvgIpc) is 3.28. The van der Waals surface area contributed by atoms with Gasteiger partial charge in [0.05, 0.1) is 6.61 Å². The van der Waals surface area contributed by atoms with Gasteiger partial charge < -0.3 is 14.2 Å². The standard InChI is InChI=1S/C20H18BNO3/c1-2-14-3-5-15(6-4-14)20(23)16-9-10-22(12-16)18-8-7-17-13-25-21(24)19(17)11-18/h3-12,24H,2,13H2,1H3. The Kier molecular flexibility index (Phi) is 4.03. The van der Waals surface area contributed by atoms with Crippen molar-refractivity contribution in [2.45, 2.75) is 20.0 Å². The van der Waals surface area contributed by atoms with Crippen LogP contribution in [-0.2, 0) is 17.7 Å². The van der Waals surface area contributed by atoms with Crippen LogP contribution in [0.25, 0.3) is 5.69 Å². The van der Waals surface area contributed by atoms with Crippen molar-refractivity contribution in [2.24, 2.45) is 0 Å². The SMILES string of the molecule is CCc1ccc(C(=O)c2ccn(-c3ccc4c(c3)B(O)OC4)c2)cc1. The van der Waals surface area contributed by atoms with Crippen LogP contribution in [-0.4, -0.2) is 22.5 Å². The molecule has 2 aromatic carbocycles. The number of ketones is 1. The van der Waals surface area contributed by atoms with Crippen molar-refractivity contribution >= 4 is 18.4 Å². The fourth-order valence-corrected chi connectivity index (χ4v) is 3.11. The topological polar surface area (TPSA) is 51.5 Å². The van der Waals surface area contributed by atoms with Gasteiger partial charge in [-0.3, -0.25) is 4.79 Å². The molecule has 0 spiro atoms. The summed E-state index contributed by atoms with van der Waals surface area (Å²) >= 11 is 0. The smallest absolute Gasteiger partial charge is 0.423 e. The van der Waals surface area contributed by atoms with Crippen molar-refractivity contribution in [1.82, 2.24) is 4.57 Å². The molecule has 4 nitrogen and oxygen atoms in total. The number of rotatable bonds is 4. The van der Waals surface area contributed by atoms with Gasteiger partial charge in [-0.1, -0.05) is 37.3 Å². The Hall–Kier alpha value is -2.63. The third-order valence-electron chi connectivity index (χ3n) is 4.67. The Labute approximate surface area is 146 Å². The molecule has 0 saturated carbocycles. The lowest BCUT2D eigenvalue weighted by molar-refractivity contribution is 0.103. The Balaban J connectivity index is 1.61. The second kappa shape index (κ2) is 6.35. The zero-order valence-corrected chi connectivity index (χ0v) is 14.0. The molecule has 4 rings (SSSR count). The molecule has 5 heteroatoms. The summed E-state index contributed by atoms with van der Waals surface area (Å²) in [6, 6.07) is 15.4. The normalized spacial score (nSPS) is 13.1. The van der Waals surface area contributed by atoms with E-state index < -0.39 is 7.12 Å². The Morgan fingerprint density at radius 1 is 1.16 bits per heavy atom. The van der Waals surface area contributed by atoms with Crippen LogP contribution in [0.1, 0.15) is 34.0 Å². The lowest BCUT2D eigenvalue weighted by atomic mass is 9.79. The predicted molar refractivity (Wildman–Crippen MR) is 97.4 cm³/mol. The number of hydrogen-bond donors (Lipinski definition) is 1. The quantitative estimate of drug-likeness (QED) is 0.590. The molecular formula is C20H18BNO3. The minimum absolute atomic E-state index is 0.00549. The van der Waals surface area contributed by atoms with Crippen LogP contribution >= 0.6 is 0 Å². The van der Waals surface area contributed by atoms with Crippen molar-refractivity contribution < 1.29 is 14.5 Å².